The number of esters is 1. The minimum atomic E-state index is -0.457. The highest BCUT2D eigenvalue weighted by Crippen LogP contribution is 2.05. The van der Waals surface area contributed by atoms with Gasteiger partial charge in [0.25, 0.3) is 0 Å². The predicted molar refractivity (Wildman–Crippen MR) is 48.5 cm³/mol. The zero-order valence-corrected chi connectivity index (χ0v) is 8.38. The van der Waals surface area contributed by atoms with Gasteiger partial charge in [0.1, 0.15) is 12.2 Å². The Morgan fingerprint density at radius 2 is 2.20 bits per heavy atom. The summed E-state index contributed by atoms with van der Waals surface area (Å²) >= 11 is 0. The molecule has 0 aromatic carbocycles. The fraction of sp³-hybridized carbons (Fsp3) is 0.625. The van der Waals surface area contributed by atoms with Gasteiger partial charge in [-0.2, -0.15) is 0 Å². The molecule has 1 rings (SSSR count). The van der Waals surface area contributed by atoms with E-state index in [2.05, 4.69) is 10.3 Å². The van der Waals surface area contributed by atoms with Gasteiger partial charge in [0.2, 0.25) is 0 Å². The van der Waals surface area contributed by atoms with E-state index in [1.54, 1.807) is 6.92 Å². The molecular weight excluding hydrogens is 202 g/mol. The number of carbonyl (C=O) groups is 1. The number of ether oxygens (including phenoxy) is 1. The van der Waals surface area contributed by atoms with E-state index < -0.39 is 5.97 Å². The van der Waals surface area contributed by atoms with Crippen molar-refractivity contribution < 1.29 is 19.7 Å². The molecule has 0 amide bonds. The lowest BCUT2D eigenvalue weighted by molar-refractivity contribution is -0.144. The van der Waals surface area contributed by atoms with E-state index in [9.17, 15) is 4.79 Å². The number of hydrogen-bond acceptors (Lipinski definition) is 6. The summed E-state index contributed by atoms with van der Waals surface area (Å²) in [5.74, 6) is -0.457. The first-order valence-electron chi connectivity index (χ1n) is 4.51. The van der Waals surface area contributed by atoms with Crippen LogP contribution in [0.3, 0.4) is 0 Å². The van der Waals surface area contributed by atoms with Gasteiger partial charge in [0.15, 0.2) is 0 Å². The molecule has 1 aromatic rings. The normalized spacial score (nSPS) is 10.3. The second-order valence-corrected chi connectivity index (χ2v) is 2.76. The highest BCUT2D eigenvalue weighted by Gasteiger charge is 2.13. The van der Waals surface area contributed by atoms with Crippen molar-refractivity contribution in [1.29, 1.82) is 0 Å². The molecule has 0 bridgehead atoms. The summed E-state index contributed by atoms with van der Waals surface area (Å²) < 4.78 is 5.93. The molecule has 0 atom stereocenters. The molecule has 0 aliphatic rings. The summed E-state index contributed by atoms with van der Waals surface area (Å²) in [6, 6.07) is 0. The molecule has 7 nitrogen and oxygen atoms in total. The highest BCUT2D eigenvalue weighted by molar-refractivity contribution is 5.69. The average Bonchev–Trinajstić information content (AvgIpc) is 2.60. The molecule has 0 aliphatic carbocycles. The molecule has 0 aliphatic heterocycles. The quantitative estimate of drug-likeness (QED) is 0.600. The van der Waals surface area contributed by atoms with Crippen LogP contribution in [0.4, 0.5) is 0 Å². The molecular formula is C8H13N3O4. The van der Waals surface area contributed by atoms with Gasteiger partial charge in [-0.15, -0.1) is 5.10 Å². The Morgan fingerprint density at radius 3 is 2.73 bits per heavy atom. The van der Waals surface area contributed by atoms with Crippen molar-refractivity contribution in [3.8, 4) is 0 Å². The van der Waals surface area contributed by atoms with Crippen molar-refractivity contribution >= 4 is 5.97 Å². The third-order valence-corrected chi connectivity index (χ3v) is 1.80. The average molecular weight is 215 g/mol. The largest absolute Gasteiger partial charge is 0.465 e. The van der Waals surface area contributed by atoms with Crippen LogP contribution in [0.1, 0.15) is 18.3 Å². The third-order valence-electron chi connectivity index (χ3n) is 1.80. The minimum absolute atomic E-state index is 0.114. The number of nitrogens with zero attached hydrogens (tertiary/aromatic N) is 3. The van der Waals surface area contributed by atoms with E-state index in [0.29, 0.717) is 5.69 Å². The van der Waals surface area contributed by atoms with Gasteiger partial charge >= 0.3 is 5.97 Å². The first kappa shape index (κ1) is 11.6. The van der Waals surface area contributed by atoms with Gasteiger partial charge < -0.3 is 14.9 Å². The second-order valence-electron chi connectivity index (χ2n) is 2.76. The fourth-order valence-corrected chi connectivity index (χ4v) is 1.12. The van der Waals surface area contributed by atoms with Crippen LogP contribution in [0.15, 0.2) is 0 Å². The van der Waals surface area contributed by atoms with E-state index in [-0.39, 0.29) is 32.1 Å². The maximum absolute atomic E-state index is 11.1. The first-order valence-corrected chi connectivity index (χ1v) is 4.51. The van der Waals surface area contributed by atoms with Gasteiger partial charge in [0.05, 0.1) is 25.5 Å². The van der Waals surface area contributed by atoms with E-state index in [4.69, 9.17) is 14.9 Å². The molecule has 7 heteroatoms. The van der Waals surface area contributed by atoms with Crippen molar-refractivity contribution in [2.45, 2.75) is 26.7 Å². The maximum Gasteiger partial charge on any atom is 0.327 e. The number of rotatable bonds is 5. The first-order chi connectivity index (χ1) is 7.22. The van der Waals surface area contributed by atoms with Crippen LogP contribution in [0, 0.1) is 0 Å². The van der Waals surface area contributed by atoms with Crippen LogP contribution in [0.5, 0.6) is 0 Å². The Bertz CT molecular complexity index is 337. The van der Waals surface area contributed by atoms with Gasteiger partial charge in [-0.25, -0.2) is 4.68 Å². The summed E-state index contributed by atoms with van der Waals surface area (Å²) in [5, 5.41) is 25.1. The van der Waals surface area contributed by atoms with Crippen molar-refractivity contribution in [3.05, 3.63) is 11.4 Å². The third kappa shape index (κ3) is 2.74. The van der Waals surface area contributed by atoms with Gasteiger partial charge in [-0.05, 0) is 6.92 Å². The van der Waals surface area contributed by atoms with Crippen LogP contribution < -0.4 is 0 Å². The molecule has 84 valence electrons. The van der Waals surface area contributed by atoms with Crippen molar-refractivity contribution in [3.63, 3.8) is 0 Å². The Morgan fingerprint density at radius 1 is 1.47 bits per heavy atom. The second kappa shape index (κ2) is 5.42. The van der Waals surface area contributed by atoms with Crippen LogP contribution in [0.2, 0.25) is 0 Å². The highest BCUT2D eigenvalue weighted by atomic mass is 16.5. The van der Waals surface area contributed by atoms with E-state index in [1.165, 1.54) is 4.68 Å². The van der Waals surface area contributed by atoms with Crippen molar-refractivity contribution in [2.24, 2.45) is 0 Å². The molecule has 0 saturated carbocycles. The molecule has 0 spiro atoms. The molecule has 1 heterocycles. The fourth-order valence-electron chi connectivity index (χ4n) is 1.12. The van der Waals surface area contributed by atoms with Gasteiger partial charge in [-0.3, -0.25) is 4.79 Å². The number of aromatic nitrogens is 3. The van der Waals surface area contributed by atoms with Crippen LogP contribution >= 0.6 is 0 Å². The summed E-state index contributed by atoms with van der Waals surface area (Å²) in [6.45, 7) is 1.22. The summed E-state index contributed by atoms with van der Waals surface area (Å²) in [7, 11) is 0. The zero-order chi connectivity index (χ0) is 11.3. The van der Waals surface area contributed by atoms with E-state index in [1.807, 2.05) is 0 Å². The van der Waals surface area contributed by atoms with Crippen molar-refractivity contribution in [2.75, 3.05) is 6.61 Å². The van der Waals surface area contributed by atoms with Gasteiger partial charge in [-0.1, -0.05) is 5.21 Å². The van der Waals surface area contributed by atoms with Crippen LogP contribution in [-0.4, -0.2) is 37.8 Å². The lowest BCUT2D eigenvalue weighted by atomic mass is 10.3. The summed E-state index contributed by atoms with van der Waals surface area (Å²) in [4.78, 5) is 11.1. The van der Waals surface area contributed by atoms with E-state index >= 15 is 0 Å². The molecule has 0 fully saturated rings. The Hall–Kier alpha value is -1.47. The Balaban J connectivity index is 2.76. The lowest BCUT2D eigenvalue weighted by Gasteiger charge is -2.04. The molecule has 0 radical (unpaired) electrons. The smallest absolute Gasteiger partial charge is 0.327 e. The topological polar surface area (TPSA) is 97.5 Å². The molecule has 15 heavy (non-hydrogen) atoms. The monoisotopic (exact) mass is 215 g/mol. The molecule has 0 unspecified atom stereocenters. The Kier molecular flexibility index (Phi) is 4.19. The minimum Gasteiger partial charge on any atom is -0.465 e. The predicted octanol–water partition coefficient (Wildman–Crippen LogP) is -1.17. The summed E-state index contributed by atoms with van der Waals surface area (Å²) in [5.41, 5.74) is 0.590. The SMILES string of the molecule is CCOC(=O)Cn1nnc(CO)c1CO. The van der Waals surface area contributed by atoms with Crippen LogP contribution in [-0.2, 0) is 29.3 Å². The zero-order valence-electron chi connectivity index (χ0n) is 8.38. The molecule has 0 saturated heterocycles. The Labute approximate surface area is 86.3 Å². The lowest BCUT2D eigenvalue weighted by Crippen LogP contribution is -2.17. The van der Waals surface area contributed by atoms with Gasteiger partial charge in [0, 0.05) is 0 Å². The number of aliphatic hydroxyl groups is 2. The molecule has 2 N–H and O–H groups in total. The van der Waals surface area contributed by atoms with Crippen LogP contribution in [0.25, 0.3) is 0 Å². The number of carbonyl (C=O) groups excluding carboxylic acids is 1. The number of aliphatic hydroxyl groups excluding tert-OH is 2. The molecule has 1 aromatic heterocycles. The van der Waals surface area contributed by atoms with Crippen molar-refractivity contribution in [1.82, 2.24) is 15.0 Å². The number of hydrogen-bond donors (Lipinski definition) is 2. The maximum atomic E-state index is 11.1. The van der Waals surface area contributed by atoms with E-state index in [0.717, 1.165) is 0 Å². The summed E-state index contributed by atoms with van der Waals surface area (Å²) in [6.07, 6.45) is 0. The standard InChI is InChI=1S/C8H13N3O4/c1-2-15-8(14)3-11-7(5-13)6(4-12)9-10-11/h12-13H,2-5H2,1H3.